The van der Waals surface area contributed by atoms with E-state index in [-0.39, 0.29) is 0 Å². The molecule has 2 N–H and O–H groups in total. The molecule has 1 saturated heterocycles. The lowest BCUT2D eigenvalue weighted by atomic mass is 9.91. The SMILES string of the molecule is Cc1ccc(Cl)c(CC2CCCNC2)c1O. The molecular weight excluding hydrogens is 222 g/mol. The van der Waals surface area contributed by atoms with Gasteiger partial charge in [-0.25, -0.2) is 0 Å². The van der Waals surface area contributed by atoms with Crippen molar-refractivity contribution in [1.29, 1.82) is 0 Å². The maximum atomic E-state index is 10.0. The lowest BCUT2D eigenvalue weighted by molar-refractivity contribution is 0.369. The molecule has 1 atom stereocenters. The quantitative estimate of drug-likeness (QED) is 0.832. The largest absolute Gasteiger partial charge is 0.507 e. The van der Waals surface area contributed by atoms with Gasteiger partial charge in [-0.15, -0.1) is 0 Å². The predicted octanol–water partition coefficient (Wildman–Crippen LogP) is 2.90. The summed E-state index contributed by atoms with van der Waals surface area (Å²) in [5.41, 5.74) is 1.82. The fourth-order valence-corrected chi connectivity index (χ4v) is 2.54. The van der Waals surface area contributed by atoms with E-state index in [1.165, 1.54) is 12.8 Å². The highest BCUT2D eigenvalue weighted by molar-refractivity contribution is 6.31. The average Bonchev–Trinajstić information content (AvgIpc) is 2.31. The van der Waals surface area contributed by atoms with Crippen LogP contribution in [-0.4, -0.2) is 18.2 Å². The summed E-state index contributed by atoms with van der Waals surface area (Å²) < 4.78 is 0. The van der Waals surface area contributed by atoms with Crippen LogP contribution >= 0.6 is 11.6 Å². The third kappa shape index (κ3) is 2.50. The van der Waals surface area contributed by atoms with Crippen molar-refractivity contribution in [3.63, 3.8) is 0 Å². The van der Waals surface area contributed by atoms with Crippen LogP contribution in [0.15, 0.2) is 12.1 Å². The molecule has 1 heterocycles. The highest BCUT2D eigenvalue weighted by Crippen LogP contribution is 2.32. The van der Waals surface area contributed by atoms with Crippen molar-refractivity contribution in [2.24, 2.45) is 5.92 Å². The van der Waals surface area contributed by atoms with Crippen LogP contribution in [-0.2, 0) is 6.42 Å². The van der Waals surface area contributed by atoms with Crippen molar-refractivity contribution < 1.29 is 5.11 Å². The normalized spacial score (nSPS) is 21.0. The van der Waals surface area contributed by atoms with Crippen LogP contribution in [0.5, 0.6) is 5.75 Å². The zero-order chi connectivity index (χ0) is 11.5. The lowest BCUT2D eigenvalue weighted by Crippen LogP contribution is -2.30. The fraction of sp³-hybridized carbons (Fsp3) is 0.538. The molecule has 1 aromatic carbocycles. The van der Waals surface area contributed by atoms with E-state index in [1.807, 2.05) is 19.1 Å². The summed E-state index contributed by atoms with van der Waals surface area (Å²) in [6.45, 7) is 4.06. The topological polar surface area (TPSA) is 32.3 Å². The smallest absolute Gasteiger partial charge is 0.123 e. The molecule has 88 valence electrons. The standard InChI is InChI=1S/C13H18ClNO/c1-9-4-5-12(14)11(13(9)16)7-10-3-2-6-15-8-10/h4-5,10,15-16H,2-3,6-8H2,1H3. The van der Waals surface area contributed by atoms with Crippen molar-refractivity contribution in [2.45, 2.75) is 26.2 Å². The van der Waals surface area contributed by atoms with E-state index in [0.717, 1.165) is 30.6 Å². The molecule has 0 amide bonds. The minimum Gasteiger partial charge on any atom is -0.507 e. The summed E-state index contributed by atoms with van der Waals surface area (Å²) in [6, 6.07) is 3.74. The van der Waals surface area contributed by atoms with Crippen LogP contribution in [0.25, 0.3) is 0 Å². The molecule has 0 bridgehead atoms. The van der Waals surface area contributed by atoms with Crippen LogP contribution in [0.2, 0.25) is 5.02 Å². The number of aromatic hydroxyl groups is 1. The minimum absolute atomic E-state index is 0.373. The van der Waals surface area contributed by atoms with Gasteiger partial charge in [0.1, 0.15) is 5.75 Å². The summed E-state index contributed by atoms with van der Waals surface area (Å²) in [5.74, 6) is 0.969. The van der Waals surface area contributed by atoms with E-state index in [4.69, 9.17) is 11.6 Å². The maximum absolute atomic E-state index is 10.0. The van der Waals surface area contributed by atoms with E-state index in [0.29, 0.717) is 16.7 Å². The second-order valence-corrected chi connectivity index (χ2v) is 5.02. The van der Waals surface area contributed by atoms with Crippen LogP contribution in [0, 0.1) is 12.8 Å². The summed E-state index contributed by atoms with van der Waals surface area (Å²) >= 11 is 6.14. The van der Waals surface area contributed by atoms with Gasteiger partial charge in [0.15, 0.2) is 0 Å². The van der Waals surface area contributed by atoms with Gasteiger partial charge in [0, 0.05) is 10.6 Å². The van der Waals surface area contributed by atoms with Gasteiger partial charge >= 0.3 is 0 Å². The van der Waals surface area contributed by atoms with Crippen molar-refractivity contribution in [3.05, 3.63) is 28.3 Å². The molecule has 0 saturated carbocycles. The van der Waals surface area contributed by atoms with Crippen molar-refractivity contribution in [2.75, 3.05) is 13.1 Å². The molecule has 0 aromatic heterocycles. The van der Waals surface area contributed by atoms with E-state index in [1.54, 1.807) is 0 Å². The first-order chi connectivity index (χ1) is 7.68. The molecule has 1 aliphatic heterocycles. The second-order valence-electron chi connectivity index (χ2n) is 4.61. The number of aryl methyl sites for hydroxylation is 1. The van der Waals surface area contributed by atoms with E-state index in [2.05, 4.69) is 5.32 Å². The summed E-state index contributed by atoms with van der Waals surface area (Å²) in [6.07, 6.45) is 3.31. The van der Waals surface area contributed by atoms with E-state index < -0.39 is 0 Å². The zero-order valence-corrected chi connectivity index (χ0v) is 10.3. The molecule has 2 rings (SSSR count). The highest BCUT2D eigenvalue weighted by atomic mass is 35.5. The first kappa shape index (κ1) is 11.7. The Balaban J connectivity index is 2.16. The van der Waals surface area contributed by atoms with E-state index >= 15 is 0 Å². The summed E-state index contributed by atoms with van der Waals surface area (Å²) in [4.78, 5) is 0. The van der Waals surface area contributed by atoms with Gasteiger partial charge in [-0.2, -0.15) is 0 Å². The summed E-state index contributed by atoms with van der Waals surface area (Å²) in [7, 11) is 0. The van der Waals surface area contributed by atoms with Crippen LogP contribution in [0.4, 0.5) is 0 Å². The second kappa shape index (κ2) is 5.07. The number of piperidine rings is 1. The third-order valence-corrected chi connectivity index (χ3v) is 3.67. The van der Waals surface area contributed by atoms with Gasteiger partial charge in [0.25, 0.3) is 0 Å². The number of phenols is 1. The molecule has 1 fully saturated rings. The average molecular weight is 240 g/mol. The molecule has 16 heavy (non-hydrogen) atoms. The van der Waals surface area contributed by atoms with Gasteiger partial charge < -0.3 is 10.4 Å². The Morgan fingerprint density at radius 3 is 3.00 bits per heavy atom. The Morgan fingerprint density at radius 2 is 2.31 bits per heavy atom. The fourth-order valence-electron chi connectivity index (χ4n) is 2.31. The van der Waals surface area contributed by atoms with Gasteiger partial charge in [0.2, 0.25) is 0 Å². The maximum Gasteiger partial charge on any atom is 0.123 e. The molecular formula is C13H18ClNO. The number of rotatable bonds is 2. The number of nitrogens with one attached hydrogen (secondary N) is 1. The Hall–Kier alpha value is -0.730. The highest BCUT2D eigenvalue weighted by Gasteiger charge is 2.17. The van der Waals surface area contributed by atoms with Crippen molar-refractivity contribution in [1.82, 2.24) is 5.32 Å². The van der Waals surface area contributed by atoms with Crippen LogP contribution in [0.1, 0.15) is 24.0 Å². The van der Waals surface area contributed by atoms with Crippen molar-refractivity contribution in [3.8, 4) is 5.75 Å². The predicted molar refractivity (Wildman–Crippen MR) is 67.2 cm³/mol. The molecule has 1 aromatic rings. The number of phenolic OH excluding ortho intramolecular Hbond substituents is 1. The van der Waals surface area contributed by atoms with Crippen LogP contribution < -0.4 is 5.32 Å². The molecule has 1 aliphatic rings. The molecule has 2 nitrogen and oxygen atoms in total. The molecule has 0 aliphatic carbocycles. The lowest BCUT2D eigenvalue weighted by Gasteiger charge is -2.23. The number of benzene rings is 1. The third-order valence-electron chi connectivity index (χ3n) is 3.32. The number of hydrogen-bond donors (Lipinski definition) is 2. The molecule has 1 unspecified atom stereocenters. The Labute approximate surface area is 102 Å². The monoisotopic (exact) mass is 239 g/mol. The Bertz CT molecular complexity index is 372. The van der Waals surface area contributed by atoms with Gasteiger partial charge in [-0.3, -0.25) is 0 Å². The number of hydrogen-bond acceptors (Lipinski definition) is 2. The van der Waals surface area contributed by atoms with Gasteiger partial charge in [-0.1, -0.05) is 17.7 Å². The molecule has 0 spiro atoms. The molecule has 0 radical (unpaired) electrons. The minimum atomic E-state index is 0.373. The van der Waals surface area contributed by atoms with Crippen molar-refractivity contribution >= 4 is 11.6 Å². The van der Waals surface area contributed by atoms with Crippen LogP contribution in [0.3, 0.4) is 0 Å². The first-order valence-electron chi connectivity index (χ1n) is 5.86. The van der Waals surface area contributed by atoms with Gasteiger partial charge in [0.05, 0.1) is 0 Å². The summed E-state index contributed by atoms with van der Waals surface area (Å²) in [5, 5.41) is 14.1. The molecule has 3 heteroatoms. The first-order valence-corrected chi connectivity index (χ1v) is 6.24. The zero-order valence-electron chi connectivity index (χ0n) is 9.59. The Kier molecular flexibility index (Phi) is 3.72. The van der Waals surface area contributed by atoms with E-state index in [9.17, 15) is 5.11 Å². The Morgan fingerprint density at radius 1 is 1.50 bits per heavy atom. The van der Waals surface area contributed by atoms with Gasteiger partial charge in [-0.05, 0) is 56.8 Å². The number of halogens is 1.